The number of aliphatic carboxylic acids is 1. The van der Waals surface area contributed by atoms with Gasteiger partial charge in [-0.25, -0.2) is 9.18 Å². The smallest absolute Gasteiger partial charge is 0.329 e. The number of amides is 1. The minimum absolute atomic E-state index is 0.00519. The summed E-state index contributed by atoms with van der Waals surface area (Å²) in [7, 11) is 0. The summed E-state index contributed by atoms with van der Waals surface area (Å²) in [6.45, 7) is 0.601. The van der Waals surface area contributed by atoms with E-state index < -0.39 is 23.2 Å². The normalized spacial score (nSPS) is 17.2. The standard InChI is InChI=1S/C14H15BrFNO4/c15-10-7-9(1-2-11(10)16)8-12(18)17-14(13(19)20)3-5-21-6-4-14/h1-2,7H,3-6,8H2,(H,17,18)(H,19,20). The van der Waals surface area contributed by atoms with E-state index in [4.69, 9.17) is 4.74 Å². The maximum absolute atomic E-state index is 13.1. The number of hydrogen-bond donors (Lipinski definition) is 2. The van der Waals surface area contributed by atoms with E-state index in [1.807, 2.05) is 0 Å². The molecule has 1 aliphatic rings. The first kappa shape index (κ1) is 15.9. The van der Waals surface area contributed by atoms with Crippen LogP contribution < -0.4 is 5.32 Å². The lowest BCUT2D eigenvalue weighted by atomic mass is 9.90. The van der Waals surface area contributed by atoms with Crippen molar-refractivity contribution in [1.29, 1.82) is 0 Å². The van der Waals surface area contributed by atoms with Crippen molar-refractivity contribution in [2.75, 3.05) is 13.2 Å². The molecule has 114 valence electrons. The second kappa shape index (κ2) is 6.53. The Hall–Kier alpha value is -1.47. The monoisotopic (exact) mass is 359 g/mol. The fourth-order valence-corrected chi connectivity index (χ4v) is 2.68. The summed E-state index contributed by atoms with van der Waals surface area (Å²) in [5.41, 5.74) is -0.666. The number of benzene rings is 1. The van der Waals surface area contributed by atoms with Gasteiger partial charge in [-0.3, -0.25) is 4.79 Å². The van der Waals surface area contributed by atoms with Gasteiger partial charge in [0.15, 0.2) is 0 Å². The average Bonchev–Trinajstić information content (AvgIpc) is 2.43. The zero-order valence-corrected chi connectivity index (χ0v) is 12.8. The number of hydrogen-bond acceptors (Lipinski definition) is 3. The first-order chi connectivity index (χ1) is 9.93. The van der Waals surface area contributed by atoms with Crippen LogP contribution in [0.1, 0.15) is 18.4 Å². The summed E-state index contributed by atoms with van der Waals surface area (Å²) < 4.78 is 18.5. The molecule has 1 heterocycles. The molecule has 2 N–H and O–H groups in total. The maximum atomic E-state index is 13.1. The molecular weight excluding hydrogens is 345 g/mol. The minimum atomic E-state index is -1.27. The lowest BCUT2D eigenvalue weighted by Crippen LogP contribution is -2.57. The van der Waals surface area contributed by atoms with Crippen molar-refractivity contribution >= 4 is 27.8 Å². The molecule has 1 saturated heterocycles. The second-order valence-electron chi connectivity index (χ2n) is 4.97. The number of halogens is 2. The van der Waals surface area contributed by atoms with E-state index in [-0.39, 0.29) is 23.7 Å². The highest BCUT2D eigenvalue weighted by atomic mass is 79.9. The van der Waals surface area contributed by atoms with Crippen molar-refractivity contribution in [2.45, 2.75) is 24.8 Å². The highest BCUT2D eigenvalue weighted by Crippen LogP contribution is 2.22. The summed E-state index contributed by atoms with van der Waals surface area (Å²) in [6, 6.07) is 4.26. The van der Waals surface area contributed by atoms with Crippen molar-refractivity contribution < 1.29 is 23.8 Å². The van der Waals surface area contributed by atoms with Crippen LogP contribution in [0.3, 0.4) is 0 Å². The van der Waals surface area contributed by atoms with Gasteiger partial charge in [-0.05, 0) is 33.6 Å². The van der Waals surface area contributed by atoms with Gasteiger partial charge in [0.2, 0.25) is 5.91 Å². The number of rotatable bonds is 4. The molecule has 0 aromatic heterocycles. The molecule has 0 atom stereocenters. The summed E-state index contributed by atoms with van der Waals surface area (Å²) in [5, 5.41) is 11.9. The highest BCUT2D eigenvalue weighted by Gasteiger charge is 2.41. The van der Waals surface area contributed by atoms with Crippen LogP contribution in [-0.4, -0.2) is 35.7 Å². The number of carbonyl (C=O) groups is 2. The Morgan fingerprint density at radius 1 is 1.38 bits per heavy atom. The molecule has 5 nitrogen and oxygen atoms in total. The zero-order chi connectivity index (χ0) is 15.5. The molecule has 0 bridgehead atoms. The Morgan fingerprint density at radius 3 is 2.62 bits per heavy atom. The van der Waals surface area contributed by atoms with E-state index in [2.05, 4.69) is 21.2 Å². The van der Waals surface area contributed by atoms with Gasteiger partial charge in [-0.1, -0.05) is 6.07 Å². The van der Waals surface area contributed by atoms with Crippen LogP contribution in [0.15, 0.2) is 22.7 Å². The van der Waals surface area contributed by atoms with E-state index in [9.17, 15) is 19.1 Å². The van der Waals surface area contributed by atoms with Crippen LogP contribution in [0, 0.1) is 5.82 Å². The van der Waals surface area contributed by atoms with Gasteiger partial charge in [0.25, 0.3) is 0 Å². The van der Waals surface area contributed by atoms with Gasteiger partial charge >= 0.3 is 5.97 Å². The van der Waals surface area contributed by atoms with Crippen LogP contribution in [-0.2, 0) is 20.7 Å². The number of nitrogens with one attached hydrogen (secondary N) is 1. The minimum Gasteiger partial charge on any atom is -0.480 e. The fourth-order valence-electron chi connectivity index (χ4n) is 2.26. The van der Waals surface area contributed by atoms with Crippen LogP contribution in [0.2, 0.25) is 0 Å². The Balaban J connectivity index is 2.05. The number of carboxylic acids is 1. The SMILES string of the molecule is O=C(Cc1ccc(F)c(Br)c1)NC1(C(=O)O)CCOCC1. The van der Waals surface area contributed by atoms with E-state index in [0.29, 0.717) is 18.8 Å². The topological polar surface area (TPSA) is 75.6 Å². The lowest BCUT2D eigenvalue weighted by molar-refractivity contribution is -0.152. The van der Waals surface area contributed by atoms with Gasteiger partial charge in [0.1, 0.15) is 11.4 Å². The number of ether oxygens (including phenoxy) is 1. The average molecular weight is 360 g/mol. The lowest BCUT2D eigenvalue weighted by Gasteiger charge is -2.33. The first-order valence-corrected chi connectivity index (χ1v) is 7.28. The summed E-state index contributed by atoms with van der Waals surface area (Å²) in [6.07, 6.45) is 0.469. The molecule has 7 heteroatoms. The molecule has 21 heavy (non-hydrogen) atoms. The largest absolute Gasteiger partial charge is 0.480 e. The third-order valence-electron chi connectivity index (χ3n) is 3.48. The van der Waals surface area contributed by atoms with E-state index in [0.717, 1.165) is 0 Å². The quantitative estimate of drug-likeness (QED) is 0.860. The van der Waals surface area contributed by atoms with Crippen molar-refractivity contribution in [3.05, 3.63) is 34.1 Å². The van der Waals surface area contributed by atoms with Crippen molar-refractivity contribution in [3.63, 3.8) is 0 Å². The molecule has 0 radical (unpaired) electrons. The molecular formula is C14H15BrFNO4. The predicted molar refractivity (Wildman–Crippen MR) is 76.4 cm³/mol. The maximum Gasteiger partial charge on any atom is 0.329 e. The Kier molecular flexibility index (Phi) is 4.95. The van der Waals surface area contributed by atoms with E-state index in [1.165, 1.54) is 18.2 Å². The summed E-state index contributed by atoms with van der Waals surface area (Å²) in [5.74, 6) is -1.87. The molecule has 0 spiro atoms. The van der Waals surface area contributed by atoms with Gasteiger partial charge in [-0.15, -0.1) is 0 Å². The number of carboxylic acid groups (broad SMARTS) is 1. The molecule has 1 amide bonds. The molecule has 0 aliphatic carbocycles. The Labute approximate surface area is 129 Å². The predicted octanol–water partition coefficient (Wildman–Crippen LogP) is 1.88. The molecule has 1 aromatic rings. The fraction of sp³-hybridized carbons (Fsp3) is 0.429. The third-order valence-corrected chi connectivity index (χ3v) is 4.09. The van der Waals surface area contributed by atoms with Crippen LogP contribution in [0.5, 0.6) is 0 Å². The van der Waals surface area contributed by atoms with E-state index >= 15 is 0 Å². The van der Waals surface area contributed by atoms with Crippen LogP contribution in [0.25, 0.3) is 0 Å². The van der Waals surface area contributed by atoms with Gasteiger partial charge in [-0.2, -0.15) is 0 Å². The van der Waals surface area contributed by atoms with Crippen molar-refractivity contribution in [3.8, 4) is 0 Å². The van der Waals surface area contributed by atoms with Gasteiger partial charge in [0.05, 0.1) is 10.9 Å². The zero-order valence-electron chi connectivity index (χ0n) is 11.2. The Morgan fingerprint density at radius 2 is 2.05 bits per heavy atom. The summed E-state index contributed by atoms with van der Waals surface area (Å²) >= 11 is 3.05. The molecule has 0 saturated carbocycles. The molecule has 1 fully saturated rings. The van der Waals surface area contributed by atoms with Crippen LogP contribution in [0.4, 0.5) is 4.39 Å². The van der Waals surface area contributed by atoms with Crippen molar-refractivity contribution in [2.24, 2.45) is 0 Å². The van der Waals surface area contributed by atoms with E-state index in [1.54, 1.807) is 0 Å². The Bertz CT molecular complexity index is 558. The molecule has 2 rings (SSSR count). The van der Waals surface area contributed by atoms with Crippen LogP contribution >= 0.6 is 15.9 Å². The molecule has 0 unspecified atom stereocenters. The molecule has 1 aromatic carbocycles. The van der Waals surface area contributed by atoms with Gasteiger partial charge in [0, 0.05) is 26.1 Å². The van der Waals surface area contributed by atoms with Gasteiger partial charge < -0.3 is 15.2 Å². The first-order valence-electron chi connectivity index (χ1n) is 6.49. The summed E-state index contributed by atoms with van der Waals surface area (Å²) in [4.78, 5) is 23.5. The third kappa shape index (κ3) is 3.79. The van der Waals surface area contributed by atoms with Crippen molar-refractivity contribution in [1.82, 2.24) is 5.32 Å². The molecule has 1 aliphatic heterocycles. The number of carbonyl (C=O) groups excluding carboxylic acids is 1. The highest BCUT2D eigenvalue weighted by molar-refractivity contribution is 9.10. The second-order valence-corrected chi connectivity index (χ2v) is 5.83.